The number of likely N-dealkylation sites (N-methyl/N-ethyl adjacent to an activating group) is 1. The van der Waals surface area contributed by atoms with Crippen molar-refractivity contribution in [2.75, 3.05) is 37.8 Å². The van der Waals surface area contributed by atoms with Crippen LogP contribution in [0.5, 0.6) is 0 Å². The molecular weight excluding hydrogens is 330 g/mol. The number of nitrogens with zero attached hydrogens (tertiary/aromatic N) is 3. The summed E-state index contributed by atoms with van der Waals surface area (Å²) in [6.45, 7) is 2.49. The van der Waals surface area contributed by atoms with Gasteiger partial charge in [-0.25, -0.2) is 4.98 Å². The van der Waals surface area contributed by atoms with E-state index in [0.717, 1.165) is 36.7 Å². The molecule has 2 aromatic heterocycles. The molecule has 6 heteroatoms. The smallest absolute Gasteiger partial charge is 0.225 e. The zero-order chi connectivity index (χ0) is 17.5. The number of nitrogens with one attached hydrogen (secondary N) is 2. The normalized spacial score (nSPS) is 10.8. The van der Waals surface area contributed by atoms with Crippen LogP contribution >= 0.6 is 11.3 Å². The lowest BCUT2D eigenvalue weighted by atomic mass is 10.1. The molecule has 0 bridgehead atoms. The van der Waals surface area contributed by atoms with E-state index in [1.807, 2.05) is 24.3 Å². The molecule has 25 heavy (non-hydrogen) atoms. The molecular formula is C19H23N5S. The van der Waals surface area contributed by atoms with Crippen LogP contribution in [0.15, 0.2) is 53.9 Å². The van der Waals surface area contributed by atoms with E-state index in [1.165, 1.54) is 4.88 Å². The first-order valence-corrected chi connectivity index (χ1v) is 9.18. The number of thiophene rings is 1. The maximum atomic E-state index is 4.67. The van der Waals surface area contributed by atoms with Gasteiger partial charge in [0, 0.05) is 29.6 Å². The van der Waals surface area contributed by atoms with Gasteiger partial charge in [-0.15, -0.1) is 11.3 Å². The quantitative estimate of drug-likeness (QED) is 0.645. The summed E-state index contributed by atoms with van der Waals surface area (Å²) in [6.07, 6.45) is 0. The third-order valence-electron chi connectivity index (χ3n) is 3.66. The zero-order valence-electron chi connectivity index (χ0n) is 14.6. The molecule has 1 aromatic carbocycles. The first kappa shape index (κ1) is 17.4. The van der Waals surface area contributed by atoms with E-state index in [-0.39, 0.29) is 0 Å². The Morgan fingerprint density at radius 1 is 1.00 bits per heavy atom. The molecule has 0 fully saturated rings. The molecule has 0 atom stereocenters. The molecule has 3 rings (SSSR count). The van der Waals surface area contributed by atoms with Gasteiger partial charge in [-0.3, -0.25) is 0 Å². The summed E-state index contributed by atoms with van der Waals surface area (Å²) in [6, 6.07) is 16.4. The van der Waals surface area contributed by atoms with Gasteiger partial charge in [-0.05, 0) is 25.5 Å². The summed E-state index contributed by atoms with van der Waals surface area (Å²) >= 11 is 1.74. The van der Waals surface area contributed by atoms with E-state index in [1.54, 1.807) is 11.3 Å². The van der Waals surface area contributed by atoms with Crippen LogP contribution in [0.25, 0.3) is 11.3 Å². The second kappa shape index (κ2) is 8.60. The van der Waals surface area contributed by atoms with Crippen molar-refractivity contribution in [3.8, 4) is 11.3 Å². The average molecular weight is 353 g/mol. The summed E-state index contributed by atoms with van der Waals surface area (Å²) < 4.78 is 0. The fourth-order valence-corrected chi connectivity index (χ4v) is 3.00. The van der Waals surface area contributed by atoms with Crippen LogP contribution in [-0.2, 0) is 6.54 Å². The first-order chi connectivity index (χ1) is 12.2. The second-order valence-corrected chi connectivity index (χ2v) is 7.02. The standard InChI is InChI=1S/C19H23N5S/c1-24(2)11-10-20-19-22-17(15-7-4-3-5-8-15)13-18(23-19)21-14-16-9-6-12-25-16/h3-9,12-13H,10-11,14H2,1-2H3,(H2,20,21,22,23). The summed E-state index contributed by atoms with van der Waals surface area (Å²) in [4.78, 5) is 12.7. The van der Waals surface area contributed by atoms with Crippen molar-refractivity contribution < 1.29 is 0 Å². The Bertz CT molecular complexity index is 772. The third kappa shape index (κ3) is 5.27. The van der Waals surface area contributed by atoms with E-state index in [0.29, 0.717) is 5.95 Å². The second-order valence-electron chi connectivity index (χ2n) is 5.99. The minimum atomic E-state index is 0.650. The molecule has 0 saturated heterocycles. The largest absolute Gasteiger partial charge is 0.365 e. The van der Waals surface area contributed by atoms with Crippen molar-refractivity contribution >= 4 is 23.1 Å². The minimum Gasteiger partial charge on any atom is -0.365 e. The number of benzene rings is 1. The molecule has 0 unspecified atom stereocenters. The lowest BCUT2D eigenvalue weighted by Gasteiger charge is -2.13. The van der Waals surface area contributed by atoms with Crippen LogP contribution in [-0.4, -0.2) is 42.1 Å². The lowest BCUT2D eigenvalue weighted by Crippen LogP contribution is -2.21. The van der Waals surface area contributed by atoms with Gasteiger partial charge in [0.1, 0.15) is 5.82 Å². The van der Waals surface area contributed by atoms with Crippen LogP contribution in [0.2, 0.25) is 0 Å². The predicted octanol–water partition coefficient (Wildman–Crippen LogP) is 3.79. The van der Waals surface area contributed by atoms with Gasteiger partial charge in [0.25, 0.3) is 0 Å². The SMILES string of the molecule is CN(C)CCNc1nc(NCc2cccs2)cc(-c2ccccc2)n1. The molecule has 2 N–H and O–H groups in total. The van der Waals surface area contributed by atoms with Gasteiger partial charge in [-0.1, -0.05) is 36.4 Å². The van der Waals surface area contributed by atoms with Crippen molar-refractivity contribution in [1.29, 1.82) is 0 Å². The van der Waals surface area contributed by atoms with E-state index in [4.69, 9.17) is 0 Å². The molecule has 0 radical (unpaired) electrons. The Kier molecular flexibility index (Phi) is 5.98. The summed E-state index contributed by atoms with van der Waals surface area (Å²) in [5.74, 6) is 1.48. The molecule has 0 aliphatic carbocycles. The molecule has 0 amide bonds. The van der Waals surface area contributed by atoms with Crippen LogP contribution in [0.4, 0.5) is 11.8 Å². The highest BCUT2D eigenvalue weighted by Crippen LogP contribution is 2.22. The average Bonchev–Trinajstić information content (AvgIpc) is 3.14. The highest BCUT2D eigenvalue weighted by molar-refractivity contribution is 7.09. The van der Waals surface area contributed by atoms with Crippen LogP contribution < -0.4 is 10.6 Å². The molecule has 0 spiro atoms. The van der Waals surface area contributed by atoms with E-state index >= 15 is 0 Å². The molecule has 0 aliphatic heterocycles. The maximum Gasteiger partial charge on any atom is 0.225 e. The monoisotopic (exact) mass is 353 g/mol. The molecule has 5 nitrogen and oxygen atoms in total. The molecule has 3 aromatic rings. The van der Waals surface area contributed by atoms with E-state index in [9.17, 15) is 0 Å². The van der Waals surface area contributed by atoms with Crippen LogP contribution in [0.3, 0.4) is 0 Å². The molecule has 130 valence electrons. The fraction of sp³-hybridized carbons (Fsp3) is 0.263. The third-order valence-corrected chi connectivity index (χ3v) is 4.54. The van der Waals surface area contributed by atoms with Gasteiger partial charge in [-0.2, -0.15) is 4.98 Å². The Balaban J connectivity index is 1.79. The highest BCUT2D eigenvalue weighted by atomic mass is 32.1. The first-order valence-electron chi connectivity index (χ1n) is 8.30. The predicted molar refractivity (Wildman–Crippen MR) is 106 cm³/mol. The Morgan fingerprint density at radius 3 is 2.56 bits per heavy atom. The van der Waals surface area contributed by atoms with E-state index in [2.05, 4.69) is 69.2 Å². The van der Waals surface area contributed by atoms with Crippen molar-refractivity contribution in [2.45, 2.75) is 6.54 Å². The lowest BCUT2D eigenvalue weighted by molar-refractivity contribution is 0.425. The summed E-state index contributed by atoms with van der Waals surface area (Å²) in [5.41, 5.74) is 2.00. The van der Waals surface area contributed by atoms with Crippen molar-refractivity contribution in [2.24, 2.45) is 0 Å². The Morgan fingerprint density at radius 2 is 1.84 bits per heavy atom. The minimum absolute atomic E-state index is 0.650. The van der Waals surface area contributed by atoms with Gasteiger partial charge in [0.15, 0.2) is 0 Å². The number of rotatable bonds is 8. The Hall–Kier alpha value is -2.44. The van der Waals surface area contributed by atoms with Gasteiger partial charge in [0.05, 0.1) is 12.2 Å². The van der Waals surface area contributed by atoms with E-state index < -0.39 is 0 Å². The van der Waals surface area contributed by atoms with Crippen molar-refractivity contribution in [3.05, 3.63) is 58.8 Å². The van der Waals surface area contributed by atoms with Crippen molar-refractivity contribution in [3.63, 3.8) is 0 Å². The Labute approximate surface area is 152 Å². The molecule has 2 heterocycles. The molecule has 0 saturated carbocycles. The fourth-order valence-electron chi connectivity index (χ4n) is 2.36. The molecule has 0 aliphatic rings. The van der Waals surface area contributed by atoms with Gasteiger partial charge in [0.2, 0.25) is 5.95 Å². The van der Waals surface area contributed by atoms with Crippen LogP contribution in [0, 0.1) is 0 Å². The number of aromatic nitrogens is 2. The topological polar surface area (TPSA) is 53.1 Å². The number of hydrogen-bond donors (Lipinski definition) is 2. The van der Waals surface area contributed by atoms with Crippen LogP contribution in [0.1, 0.15) is 4.88 Å². The highest BCUT2D eigenvalue weighted by Gasteiger charge is 2.07. The van der Waals surface area contributed by atoms with Gasteiger partial charge >= 0.3 is 0 Å². The van der Waals surface area contributed by atoms with Crippen molar-refractivity contribution in [1.82, 2.24) is 14.9 Å². The maximum absolute atomic E-state index is 4.67. The van der Waals surface area contributed by atoms with Gasteiger partial charge < -0.3 is 15.5 Å². The summed E-state index contributed by atoms with van der Waals surface area (Å²) in [7, 11) is 4.11. The zero-order valence-corrected chi connectivity index (χ0v) is 15.4. The number of hydrogen-bond acceptors (Lipinski definition) is 6. The summed E-state index contributed by atoms with van der Waals surface area (Å²) in [5, 5.41) is 8.81. The number of anilines is 2.